The van der Waals surface area contributed by atoms with Crippen molar-refractivity contribution < 1.29 is 9.90 Å². The Morgan fingerprint density at radius 1 is 1.29 bits per heavy atom. The fourth-order valence-electron chi connectivity index (χ4n) is 2.37. The number of aliphatic hydroxyl groups excluding tert-OH is 1. The zero-order valence-corrected chi connectivity index (χ0v) is 15.2. The molecule has 3 rings (SSSR count). The Morgan fingerprint density at radius 3 is 2.81 bits per heavy atom. The van der Waals surface area contributed by atoms with Crippen molar-refractivity contribution in [1.82, 2.24) is 0 Å². The minimum Gasteiger partial charge on any atom is -0.384 e. The summed E-state index contributed by atoms with van der Waals surface area (Å²) < 4.78 is 1.85. The van der Waals surface area contributed by atoms with E-state index in [2.05, 4.69) is 43.8 Å². The minimum absolute atomic E-state index is 0.0526. The normalized spacial score (nSPS) is 14.8. The third kappa shape index (κ3) is 2.97. The first-order chi connectivity index (χ1) is 9.95. The number of fused-ring (bicyclic) bond motifs is 1. The SMILES string of the molecule is O=C1Cc2cc(C(O)c3cc(I)ccc3Br)c(Cl)cc2N1. The summed E-state index contributed by atoms with van der Waals surface area (Å²) >= 11 is 11.9. The number of carbonyl (C=O) groups excluding carboxylic acids is 1. The number of benzene rings is 2. The molecule has 2 aromatic carbocycles. The van der Waals surface area contributed by atoms with Gasteiger partial charge in [-0.15, -0.1) is 0 Å². The summed E-state index contributed by atoms with van der Waals surface area (Å²) in [7, 11) is 0. The minimum atomic E-state index is -0.845. The lowest BCUT2D eigenvalue weighted by molar-refractivity contribution is -0.115. The van der Waals surface area contributed by atoms with Gasteiger partial charge in [-0.3, -0.25) is 4.79 Å². The Hall–Kier alpha value is -0.630. The van der Waals surface area contributed by atoms with Crippen LogP contribution in [0.25, 0.3) is 0 Å². The first-order valence-corrected chi connectivity index (χ1v) is 8.46. The molecule has 108 valence electrons. The van der Waals surface area contributed by atoms with Crippen LogP contribution in [-0.2, 0) is 11.2 Å². The number of rotatable bonds is 2. The molecule has 1 unspecified atom stereocenters. The Balaban J connectivity index is 2.06. The highest BCUT2D eigenvalue weighted by atomic mass is 127. The van der Waals surface area contributed by atoms with Crippen LogP contribution < -0.4 is 5.32 Å². The molecule has 0 saturated carbocycles. The topological polar surface area (TPSA) is 49.3 Å². The van der Waals surface area contributed by atoms with E-state index in [0.717, 1.165) is 24.9 Å². The Labute approximate surface area is 149 Å². The molecule has 1 heterocycles. The maximum Gasteiger partial charge on any atom is 0.228 e. The summed E-state index contributed by atoms with van der Waals surface area (Å²) in [5, 5.41) is 13.8. The van der Waals surface area contributed by atoms with Crippen molar-refractivity contribution in [2.45, 2.75) is 12.5 Å². The van der Waals surface area contributed by atoms with Gasteiger partial charge in [0.05, 0.1) is 6.42 Å². The predicted molar refractivity (Wildman–Crippen MR) is 94.7 cm³/mol. The molecule has 2 N–H and O–H groups in total. The van der Waals surface area contributed by atoms with E-state index in [-0.39, 0.29) is 5.91 Å². The number of hydrogen-bond acceptors (Lipinski definition) is 2. The van der Waals surface area contributed by atoms with Gasteiger partial charge in [0, 0.05) is 29.9 Å². The van der Waals surface area contributed by atoms with E-state index in [1.807, 2.05) is 18.2 Å². The van der Waals surface area contributed by atoms with Crippen molar-refractivity contribution in [1.29, 1.82) is 0 Å². The summed E-state index contributed by atoms with van der Waals surface area (Å²) in [5.74, 6) is -0.0526. The molecule has 3 nitrogen and oxygen atoms in total. The lowest BCUT2D eigenvalue weighted by Crippen LogP contribution is -2.03. The van der Waals surface area contributed by atoms with E-state index in [9.17, 15) is 9.90 Å². The largest absolute Gasteiger partial charge is 0.384 e. The van der Waals surface area contributed by atoms with Gasteiger partial charge in [-0.05, 0) is 58.5 Å². The number of carbonyl (C=O) groups is 1. The summed E-state index contributed by atoms with van der Waals surface area (Å²) in [6, 6.07) is 9.25. The molecule has 0 spiro atoms. The molecule has 1 atom stereocenters. The van der Waals surface area contributed by atoms with E-state index in [4.69, 9.17) is 11.6 Å². The Morgan fingerprint density at radius 2 is 2.05 bits per heavy atom. The van der Waals surface area contributed by atoms with E-state index in [1.54, 1.807) is 12.1 Å². The number of halogens is 3. The molecule has 0 aliphatic carbocycles. The van der Waals surface area contributed by atoms with E-state index in [1.165, 1.54) is 0 Å². The van der Waals surface area contributed by atoms with Gasteiger partial charge in [-0.1, -0.05) is 27.5 Å². The van der Waals surface area contributed by atoms with Gasteiger partial charge in [0.15, 0.2) is 0 Å². The fraction of sp³-hybridized carbons (Fsp3) is 0.133. The number of hydrogen-bond donors (Lipinski definition) is 2. The van der Waals surface area contributed by atoms with Gasteiger partial charge in [-0.25, -0.2) is 0 Å². The summed E-state index contributed by atoms with van der Waals surface area (Å²) in [6.07, 6.45) is -0.526. The average molecular weight is 479 g/mol. The van der Waals surface area contributed by atoms with Crippen molar-refractivity contribution >= 4 is 61.7 Å². The van der Waals surface area contributed by atoms with Crippen LogP contribution in [0.1, 0.15) is 22.8 Å². The van der Waals surface area contributed by atoms with Crippen molar-refractivity contribution in [3.8, 4) is 0 Å². The Kier molecular flexibility index (Phi) is 4.27. The molecule has 6 heteroatoms. The van der Waals surface area contributed by atoms with Gasteiger partial charge in [0.1, 0.15) is 6.10 Å². The number of aliphatic hydroxyl groups is 1. The molecule has 0 aromatic heterocycles. The summed E-state index contributed by atoms with van der Waals surface area (Å²) in [5.41, 5.74) is 2.94. The van der Waals surface area contributed by atoms with E-state index in [0.29, 0.717) is 17.0 Å². The predicted octanol–water partition coefficient (Wildman–Crippen LogP) is 4.28. The first-order valence-electron chi connectivity index (χ1n) is 6.21. The molecule has 1 aliphatic heterocycles. The van der Waals surface area contributed by atoms with Crippen molar-refractivity contribution in [2.24, 2.45) is 0 Å². The van der Waals surface area contributed by atoms with Crippen LogP contribution in [-0.4, -0.2) is 11.0 Å². The van der Waals surface area contributed by atoms with Crippen molar-refractivity contribution in [3.05, 3.63) is 60.1 Å². The summed E-state index contributed by atoms with van der Waals surface area (Å²) in [4.78, 5) is 11.4. The van der Waals surface area contributed by atoms with Crippen LogP contribution in [0.15, 0.2) is 34.8 Å². The van der Waals surface area contributed by atoms with E-state index < -0.39 is 6.10 Å². The van der Waals surface area contributed by atoms with Crippen LogP contribution >= 0.6 is 50.1 Å². The third-order valence-electron chi connectivity index (χ3n) is 3.39. The molecule has 2 aromatic rings. The monoisotopic (exact) mass is 477 g/mol. The number of nitrogens with one attached hydrogen (secondary N) is 1. The maximum absolute atomic E-state index is 11.4. The quantitative estimate of drug-likeness (QED) is 0.633. The van der Waals surface area contributed by atoms with Gasteiger partial charge >= 0.3 is 0 Å². The lowest BCUT2D eigenvalue weighted by Gasteiger charge is -2.16. The highest BCUT2D eigenvalue weighted by Gasteiger charge is 2.23. The third-order valence-corrected chi connectivity index (χ3v) is 5.12. The molecule has 1 amide bonds. The Bertz CT molecular complexity index is 751. The highest BCUT2D eigenvalue weighted by molar-refractivity contribution is 14.1. The second-order valence-electron chi connectivity index (χ2n) is 4.82. The summed E-state index contributed by atoms with van der Waals surface area (Å²) in [6.45, 7) is 0. The second-order valence-corrected chi connectivity index (χ2v) is 7.33. The van der Waals surface area contributed by atoms with Gasteiger partial charge in [-0.2, -0.15) is 0 Å². The van der Waals surface area contributed by atoms with Crippen molar-refractivity contribution in [3.63, 3.8) is 0 Å². The number of amides is 1. The molecule has 21 heavy (non-hydrogen) atoms. The smallest absolute Gasteiger partial charge is 0.228 e. The molecular weight excluding hydrogens is 468 g/mol. The van der Waals surface area contributed by atoms with Gasteiger partial charge in [0.2, 0.25) is 5.91 Å². The maximum atomic E-state index is 11.4. The standard InChI is InChI=1S/C15H10BrClINO2/c16-11-2-1-8(18)5-9(11)15(21)10-3-7-4-14(20)19-13(7)6-12(10)17/h1-3,5-6,15,21H,4H2,(H,19,20). The molecule has 1 aliphatic rings. The van der Waals surface area contributed by atoms with Crippen LogP contribution in [0.5, 0.6) is 0 Å². The fourth-order valence-corrected chi connectivity index (χ4v) is 3.61. The van der Waals surface area contributed by atoms with Crippen LogP contribution in [0.3, 0.4) is 0 Å². The molecule has 0 bridgehead atoms. The van der Waals surface area contributed by atoms with Crippen molar-refractivity contribution in [2.75, 3.05) is 5.32 Å². The lowest BCUT2D eigenvalue weighted by atomic mass is 9.98. The second kappa shape index (κ2) is 5.87. The van der Waals surface area contributed by atoms with Crippen LogP contribution in [0.4, 0.5) is 5.69 Å². The van der Waals surface area contributed by atoms with Gasteiger partial charge < -0.3 is 10.4 Å². The van der Waals surface area contributed by atoms with Gasteiger partial charge in [0.25, 0.3) is 0 Å². The molecular formula is C15H10BrClINO2. The zero-order valence-electron chi connectivity index (χ0n) is 10.7. The zero-order chi connectivity index (χ0) is 15.1. The molecule has 0 saturated heterocycles. The average Bonchev–Trinajstić information content (AvgIpc) is 2.79. The highest BCUT2D eigenvalue weighted by Crippen LogP contribution is 2.37. The van der Waals surface area contributed by atoms with E-state index >= 15 is 0 Å². The number of anilines is 1. The molecule has 0 radical (unpaired) electrons. The van der Waals surface area contributed by atoms with Crippen LogP contribution in [0.2, 0.25) is 5.02 Å². The van der Waals surface area contributed by atoms with Crippen LogP contribution in [0, 0.1) is 3.57 Å². The first kappa shape index (κ1) is 15.3. The molecule has 0 fully saturated rings.